The Morgan fingerprint density at radius 1 is 0.294 bits per heavy atom. The molecule has 0 saturated carbocycles. The third-order valence-electron chi connectivity index (χ3n) is 14.8. The van der Waals surface area contributed by atoms with Gasteiger partial charge in [0.1, 0.15) is 0 Å². The molecule has 0 radical (unpaired) electrons. The molecule has 0 saturated heterocycles. The SMILES string of the molecule is CC1(C)c2ccccc2-c2cccc(-c3cccc(-c4ccc(-c5cc(-c6ccc7c(c6)C(c6ccccc6)(c6ccccc6)c6ccccc6-7)nc(-c6ccccc6)n5)c5ccccc45)c3)c21. The second kappa shape index (κ2) is 15.6. The van der Waals surface area contributed by atoms with Gasteiger partial charge in [-0.25, -0.2) is 9.97 Å². The van der Waals surface area contributed by atoms with Crippen LogP contribution in [-0.4, -0.2) is 9.97 Å². The molecule has 0 fully saturated rings. The fourth-order valence-electron chi connectivity index (χ4n) is 11.8. The third-order valence-corrected chi connectivity index (χ3v) is 14.8. The molecule has 1 aromatic heterocycles. The minimum atomic E-state index is -0.520. The van der Waals surface area contributed by atoms with Crippen LogP contribution in [0, 0.1) is 0 Å². The maximum Gasteiger partial charge on any atom is 0.160 e. The van der Waals surface area contributed by atoms with Gasteiger partial charge in [0.2, 0.25) is 0 Å². The number of hydrogen-bond donors (Lipinski definition) is 0. The van der Waals surface area contributed by atoms with Crippen LogP contribution in [0.25, 0.3) is 89.2 Å². The van der Waals surface area contributed by atoms with Crippen molar-refractivity contribution in [2.24, 2.45) is 0 Å². The smallest absolute Gasteiger partial charge is 0.160 e. The first-order valence-corrected chi connectivity index (χ1v) is 23.6. The molecule has 13 rings (SSSR count). The van der Waals surface area contributed by atoms with E-state index in [2.05, 4.69) is 250 Å². The van der Waals surface area contributed by atoms with Crippen molar-refractivity contribution in [1.29, 1.82) is 0 Å². The van der Waals surface area contributed by atoms with Gasteiger partial charge in [-0.15, -0.1) is 0 Å². The molecule has 68 heavy (non-hydrogen) atoms. The highest BCUT2D eigenvalue weighted by molar-refractivity contribution is 6.05. The molecule has 0 bridgehead atoms. The summed E-state index contributed by atoms with van der Waals surface area (Å²) in [6.45, 7) is 4.73. The summed E-state index contributed by atoms with van der Waals surface area (Å²) in [5, 5.41) is 2.33. The maximum atomic E-state index is 5.39. The summed E-state index contributed by atoms with van der Waals surface area (Å²) < 4.78 is 0. The van der Waals surface area contributed by atoms with E-state index in [-0.39, 0.29) is 5.41 Å². The number of fused-ring (bicyclic) bond motifs is 7. The van der Waals surface area contributed by atoms with Gasteiger partial charge in [0.25, 0.3) is 0 Å². The molecule has 320 valence electrons. The molecule has 2 heteroatoms. The average molecular weight is 867 g/mol. The van der Waals surface area contributed by atoms with E-state index < -0.39 is 5.41 Å². The number of rotatable bonds is 7. The molecule has 1 heterocycles. The predicted octanol–water partition coefficient (Wildman–Crippen LogP) is 16.6. The maximum absolute atomic E-state index is 5.39. The molecule has 10 aromatic carbocycles. The van der Waals surface area contributed by atoms with Crippen LogP contribution in [0.5, 0.6) is 0 Å². The highest BCUT2D eigenvalue weighted by atomic mass is 14.9. The first-order chi connectivity index (χ1) is 33.5. The van der Waals surface area contributed by atoms with Gasteiger partial charge in [-0.05, 0) is 107 Å². The summed E-state index contributed by atoms with van der Waals surface area (Å²) in [6, 6.07) is 88.6. The molecule has 11 aromatic rings. The summed E-state index contributed by atoms with van der Waals surface area (Å²) in [7, 11) is 0. The van der Waals surface area contributed by atoms with Crippen LogP contribution < -0.4 is 0 Å². The Bertz CT molecular complexity index is 3720. The van der Waals surface area contributed by atoms with Gasteiger partial charge in [0.15, 0.2) is 5.82 Å². The average Bonchev–Trinajstić information content (AvgIpc) is 3.84. The van der Waals surface area contributed by atoms with Gasteiger partial charge in [-0.3, -0.25) is 0 Å². The molecule has 0 N–H and O–H groups in total. The Morgan fingerprint density at radius 3 is 1.50 bits per heavy atom. The van der Waals surface area contributed by atoms with Crippen LogP contribution in [0.2, 0.25) is 0 Å². The van der Waals surface area contributed by atoms with E-state index in [1.54, 1.807) is 0 Å². The molecule has 0 amide bonds. The summed E-state index contributed by atoms with van der Waals surface area (Å²) in [4.78, 5) is 10.8. The van der Waals surface area contributed by atoms with Gasteiger partial charge in [0.05, 0.1) is 16.8 Å². The lowest BCUT2D eigenvalue weighted by molar-refractivity contribution is 0.662. The van der Waals surface area contributed by atoms with Crippen LogP contribution in [0.1, 0.15) is 47.2 Å². The molecule has 0 atom stereocenters. The third kappa shape index (κ3) is 6.04. The van der Waals surface area contributed by atoms with Crippen LogP contribution in [-0.2, 0) is 10.8 Å². The van der Waals surface area contributed by atoms with Crippen molar-refractivity contribution in [3.63, 3.8) is 0 Å². The van der Waals surface area contributed by atoms with Gasteiger partial charge in [0, 0.05) is 22.1 Å². The van der Waals surface area contributed by atoms with E-state index in [1.165, 1.54) is 83.3 Å². The van der Waals surface area contributed by atoms with Gasteiger partial charge >= 0.3 is 0 Å². The lowest BCUT2D eigenvalue weighted by Crippen LogP contribution is -2.28. The molecule has 2 aliphatic carbocycles. The fraction of sp³-hybridized carbons (Fsp3) is 0.0606. The van der Waals surface area contributed by atoms with E-state index in [1.807, 2.05) is 6.07 Å². The quantitative estimate of drug-likeness (QED) is 0.159. The number of aromatic nitrogens is 2. The molecular formula is C66H46N2. The van der Waals surface area contributed by atoms with Crippen LogP contribution in [0.4, 0.5) is 0 Å². The molecule has 0 unspecified atom stereocenters. The molecule has 0 spiro atoms. The normalized spacial score (nSPS) is 13.7. The van der Waals surface area contributed by atoms with Crippen LogP contribution >= 0.6 is 0 Å². The van der Waals surface area contributed by atoms with E-state index in [0.29, 0.717) is 5.82 Å². The first-order valence-electron chi connectivity index (χ1n) is 23.6. The summed E-state index contributed by atoms with van der Waals surface area (Å²) in [5.74, 6) is 0.695. The van der Waals surface area contributed by atoms with Gasteiger partial charge < -0.3 is 0 Å². The molecule has 0 aliphatic heterocycles. The number of hydrogen-bond acceptors (Lipinski definition) is 2. The zero-order valence-corrected chi connectivity index (χ0v) is 38.0. The predicted molar refractivity (Wildman–Crippen MR) is 282 cm³/mol. The monoisotopic (exact) mass is 866 g/mol. The standard InChI is InChI=1S/C66H46N2/c1-65(2)58-34-16-14-31-54(58)57-33-19-32-50(63(57)65)45-23-18-22-44(40-45)49-38-39-56(52-29-13-12-28-51(49)52)62-42-61(67-64(68-62)43-20-6-3-7-21-43)46-36-37-55-53-30-15-17-35-59(53)66(60(55)41-46,47-24-8-4-9-25-47)48-26-10-5-11-27-48/h3-42H,1-2H3. The lowest BCUT2D eigenvalue weighted by Gasteiger charge is -2.34. The van der Waals surface area contributed by atoms with Crippen molar-refractivity contribution >= 4 is 10.8 Å². The minimum absolute atomic E-state index is 0.112. The summed E-state index contributed by atoms with van der Waals surface area (Å²) in [6.07, 6.45) is 0. The van der Waals surface area contributed by atoms with E-state index in [4.69, 9.17) is 9.97 Å². The van der Waals surface area contributed by atoms with Crippen molar-refractivity contribution < 1.29 is 0 Å². The van der Waals surface area contributed by atoms with E-state index >= 15 is 0 Å². The van der Waals surface area contributed by atoms with Crippen molar-refractivity contribution in [1.82, 2.24) is 9.97 Å². The van der Waals surface area contributed by atoms with Crippen molar-refractivity contribution in [2.45, 2.75) is 24.7 Å². The fourth-order valence-corrected chi connectivity index (χ4v) is 11.8. The summed E-state index contributed by atoms with van der Waals surface area (Å²) in [5.41, 5.74) is 22.1. The second-order valence-electron chi connectivity index (χ2n) is 18.8. The molecular weight excluding hydrogens is 821 g/mol. The Morgan fingerprint density at radius 2 is 0.779 bits per heavy atom. The Labute approximate surface area is 398 Å². The zero-order chi connectivity index (χ0) is 45.4. The van der Waals surface area contributed by atoms with E-state index in [0.717, 1.165) is 33.5 Å². The molecule has 2 aliphatic rings. The van der Waals surface area contributed by atoms with Gasteiger partial charge in [-0.1, -0.05) is 238 Å². The van der Waals surface area contributed by atoms with Crippen LogP contribution in [0.15, 0.2) is 243 Å². The highest BCUT2D eigenvalue weighted by Gasteiger charge is 2.46. The number of nitrogens with zero attached hydrogens (tertiary/aromatic N) is 2. The number of benzene rings is 10. The first kappa shape index (κ1) is 39.9. The molecule has 2 nitrogen and oxygen atoms in total. The second-order valence-corrected chi connectivity index (χ2v) is 18.8. The largest absolute Gasteiger partial charge is 0.228 e. The van der Waals surface area contributed by atoms with Crippen molar-refractivity contribution in [3.8, 4) is 78.4 Å². The minimum Gasteiger partial charge on any atom is -0.228 e. The highest BCUT2D eigenvalue weighted by Crippen LogP contribution is 2.57. The van der Waals surface area contributed by atoms with Crippen LogP contribution in [0.3, 0.4) is 0 Å². The van der Waals surface area contributed by atoms with Gasteiger partial charge in [-0.2, -0.15) is 0 Å². The lowest BCUT2D eigenvalue weighted by atomic mass is 9.67. The Balaban J connectivity index is 0.970. The zero-order valence-electron chi connectivity index (χ0n) is 38.0. The topological polar surface area (TPSA) is 25.8 Å². The Hall–Kier alpha value is -8.46. The Kier molecular flexibility index (Phi) is 9.13. The summed E-state index contributed by atoms with van der Waals surface area (Å²) >= 11 is 0. The van der Waals surface area contributed by atoms with Crippen molar-refractivity contribution in [2.75, 3.05) is 0 Å². The van der Waals surface area contributed by atoms with Crippen molar-refractivity contribution in [3.05, 3.63) is 276 Å². The van der Waals surface area contributed by atoms with E-state index in [9.17, 15) is 0 Å².